The molecular formula is C12H17N5O2. The van der Waals surface area contributed by atoms with Crippen LogP contribution in [0.25, 0.3) is 11.2 Å². The molecule has 1 saturated heterocycles. The van der Waals surface area contributed by atoms with Gasteiger partial charge in [0.15, 0.2) is 11.2 Å². The Hall–Kier alpha value is -1.89. The van der Waals surface area contributed by atoms with Gasteiger partial charge in [-0.15, -0.1) is 0 Å². The van der Waals surface area contributed by atoms with Gasteiger partial charge in [-0.25, -0.2) is 9.97 Å². The number of nitrogen functional groups attached to an aromatic ring is 1. The third-order valence-electron chi connectivity index (χ3n) is 3.59. The summed E-state index contributed by atoms with van der Waals surface area (Å²) in [6.07, 6.45) is 3.44. The molecule has 102 valence electrons. The molecule has 0 amide bonds. The van der Waals surface area contributed by atoms with Gasteiger partial charge in [-0.1, -0.05) is 0 Å². The van der Waals surface area contributed by atoms with Crippen LogP contribution in [0.3, 0.4) is 0 Å². The van der Waals surface area contributed by atoms with Crippen molar-refractivity contribution in [2.75, 3.05) is 26.1 Å². The summed E-state index contributed by atoms with van der Waals surface area (Å²) in [6, 6.07) is 0. The Labute approximate surface area is 110 Å². The molecule has 3 rings (SSSR count). The van der Waals surface area contributed by atoms with Gasteiger partial charge in [-0.2, -0.15) is 4.98 Å². The van der Waals surface area contributed by atoms with Crippen LogP contribution >= 0.6 is 0 Å². The number of hydrogen-bond acceptors (Lipinski definition) is 6. The zero-order chi connectivity index (χ0) is 13.5. The number of nitrogens with two attached hydrogens (primary N) is 1. The Morgan fingerprint density at radius 1 is 1.47 bits per heavy atom. The maximum Gasteiger partial charge on any atom is 0.245 e. The number of hydrogen-bond donors (Lipinski definition) is 1. The molecule has 7 heteroatoms. The summed E-state index contributed by atoms with van der Waals surface area (Å²) >= 11 is 0. The Morgan fingerprint density at radius 2 is 2.32 bits per heavy atom. The van der Waals surface area contributed by atoms with Crippen molar-refractivity contribution in [3.63, 3.8) is 0 Å². The molecule has 1 unspecified atom stereocenters. The molecule has 1 aliphatic heterocycles. The minimum atomic E-state index is -0.226. The second-order valence-corrected chi connectivity index (χ2v) is 5.01. The van der Waals surface area contributed by atoms with Crippen LogP contribution in [0, 0.1) is 0 Å². The lowest BCUT2D eigenvalue weighted by Gasteiger charge is -2.35. The predicted molar refractivity (Wildman–Crippen MR) is 70.0 cm³/mol. The van der Waals surface area contributed by atoms with E-state index >= 15 is 0 Å². The first-order valence-electron chi connectivity index (χ1n) is 6.27. The Balaban J connectivity index is 2.20. The van der Waals surface area contributed by atoms with Gasteiger partial charge < -0.3 is 15.2 Å². The van der Waals surface area contributed by atoms with Crippen LogP contribution in [0.2, 0.25) is 0 Å². The lowest BCUT2D eigenvalue weighted by molar-refractivity contribution is 0.0122. The topological polar surface area (TPSA) is 88.1 Å². The SMILES string of the molecule is COc1ncnc2c1nc(N)n2C1(C)CCCOC1. The number of methoxy groups -OCH3 is 1. The smallest absolute Gasteiger partial charge is 0.245 e. The molecule has 2 aromatic heterocycles. The van der Waals surface area contributed by atoms with E-state index in [1.165, 1.54) is 6.33 Å². The van der Waals surface area contributed by atoms with E-state index in [0.29, 0.717) is 29.6 Å². The van der Waals surface area contributed by atoms with E-state index in [1.54, 1.807) is 7.11 Å². The van der Waals surface area contributed by atoms with Gasteiger partial charge in [-0.3, -0.25) is 4.57 Å². The van der Waals surface area contributed by atoms with Crippen molar-refractivity contribution < 1.29 is 9.47 Å². The summed E-state index contributed by atoms with van der Waals surface area (Å²) in [4.78, 5) is 12.7. The second-order valence-electron chi connectivity index (χ2n) is 5.01. The minimum absolute atomic E-state index is 0.226. The molecule has 0 saturated carbocycles. The van der Waals surface area contributed by atoms with Crippen molar-refractivity contribution in [1.29, 1.82) is 0 Å². The highest BCUT2D eigenvalue weighted by Gasteiger charge is 2.34. The van der Waals surface area contributed by atoms with Crippen LogP contribution in [-0.2, 0) is 10.3 Å². The molecule has 19 heavy (non-hydrogen) atoms. The number of ether oxygens (including phenoxy) is 2. The molecule has 0 aliphatic carbocycles. The third-order valence-corrected chi connectivity index (χ3v) is 3.59. The highest BCUT2D eigenvalue weighted by molar-refractivity contribution is 5.79. The van der Waals surface area contributed by atoms with E-state index in [2.05, 4.69) is 21.9 Å². The number of fused-ring (bicyclic) bond motifs is 1. The zero-order valence-corrected chi connectivity index (χ0v) is 11.1. The summed E-state index contributed by atoms with van der Waals surface area (Å²) in [5, 5.41) is 0. The summed E-state index contributed by atoms with van der Waals surface area (Å²) < 4.78 is 12.7. The first-order valence-corrected chi connectivity index (χ1v) is 6.27. The molecule has 1 fully saturated rings. The molecule has 0 spiro atoms. The Bertz CT molecular complexity index is 603. The molecule has 1 atom stereocenters. The van der Waals surface area contributed by atoms with Crippen molar-refractivity contribution in [2.24, 2.45) is 0 Å². The van der Waals surface area contributed by atoms with Crippen LogP contribution in [0.5, 0.6) is 5.88 Å². The normalized spacial score (nSPS) is 23.7. The van der Waals surface area contributed by atoms with Gasteiger partial charge in [0.2, 0.25) is 11.8 Å². The van der Waals surface area contributed by atoms with Crippen molar-refractivity contribution >= 4 is 17.1 Å². The number of aromatic nitrogens is 4. The number of nitrogens with zero attached hydrogens (tertiary/aromatic N) is 4. The van der Waals surface area contributed by atoms with Crippen LogP contribution in [0.15, 0.2) is 6.33 Å². The standard InChI is InChI=1S/C12H17N5O2/c1-12(4-3-5-19-6-12)17-9-8(16-11(17)13)10(18-2)15-7-14-9/h7H,3-6H2,1-2H3,(H2,13,16). The van der Waals surface area contributed by atoms with Gasteiger partial charge in [0.1, 0.15) is 6.33 Å². The molecule has 0 bridgehead atoms. The fourth-order valence-electron chi connectivity index (χ4n) is 2.67. The van der Waals surface area contributed by atoms with Gasteiger partial charge in [-0.05, 0) is 19.8 Å². The summed E-state index contributed by atoms with van der Waals surface area (Å²) in [5.41, 5.74) is 7.12. The molecule has 0 aromatic carbocycles. The zero-order valence-electron chi connectivity index (χ0n) is 11.1. The fourth-order valence-corrected chi connectivity index (χ4v) is 2.67. The average molecular weight is 263 g/mol. The Morgan fingerprint density at radius 3 is 3.00 bits per heavy atom. The van der Waals surface area contributed by atoms with Crippen molar-refractivity contribution in [3.8, 4) is 5.88 Å². The lowest BCUT2D eigenvalue weighted by atomic mass is 9.94. The summed E-state index contributed by atoms with van der Waals surface area (Å²) in [6.45, 7) is 3.51. The highest BCUT2D eigenvalue weighted by atomic mass is 16.5. The maximum atomic E-state index is 6.07. The van der Waals surface area contributed by atoms with Crippen LogP contribution in [0.1, 0.15) is 19.8 Å². The van der Waals surface area contributed by atoms with E-state index in [0.717, 1.165) is 19.4 Å². The number of rotatable bonds is 2. The number of anilines is 1. The van der Waals surface area contributed by atoms with Crippen LogP contribution in [-0.4, -0.2) is 39.8 Å². The first-order chi connectivity index (χ1) is 9.15. The second kappa shape index (κ2) is 4.34. The molecule has 1 aliphatic rings. The number of imidazole rings is 1. The maximum absolute atomic E-state index is 6.07. The Kier molecular flexibility index (Phi) is 2.78. The van der Waals surface area contributed by atoms with Crippen molar-refractivity contribution in [3.05, 3.63) is 6.33 Å². The van der Waals surface area contributed by atoms with E-state index in [1.807, 2.05) is 4.57 Å². The minimum Gasteiger partial charge on any atom is -0.479 e. The van der Waals surface area contributed by atoms with Crippen LogP contribution < -0.4 is 10.5 Å². The van der Waals surface area contributed by atoms with Gasteiger partial charge >= 0.3 is 0 Å². The molecule has 2 aromatic rings. The first kappa shape index (κ1) is 12.2. The highest BCUT2D eigenvalue weighted by Crippen LogP contribution is 2.34. The van der Waals surface area contributed by atoms with Gasteiger partial charge in [0.05, 0.1) is 19.3 Å². The molecule has 7 nitrogen and oxygen atoms in total. The lowest BCUT2D eigenvalue weighted by Crippen LogP contribution is -2.39. The molecule has 2 N–H and O–H groups in total. The molecule has 0 radical (unpaired) electrons. The van der Waals surface area contributed by atoms with Crippen molar-refractivity contribution in [1.82, 2.24) is 19.5 Å². The third kappa shape index (κ3) is 1.81. The average Bonchev–Trinajstić information content (AvgIpc) is 2.76. The van der Waals surface area contributed by atoms with E-state index in [-0.39, 0.29) is 5.54 Å². The predicted octanol–water partition coefficient (Wildman–Crippen LogP) is 0.943. The van der Waals surface area contributed by atoms with Crippen LogP contribution in [0.4, 0.5) is 5.95 Å². The monoisotopic (exact) mass is 263 g/mol. The van der Waals surface area contributed by atoms with Crippen molar-refractivity contribution in [2.45, 2.75) is 25.3 Å². The van der Waals surface area contributed by atoms with E-state index in [9.17, 15) is 0 Å². The van der Waals surface area contributed by atoms with Gasteiger partial charge in [0, 0.05) is 6.61 Å². The van der Waals surface area contributed by atoms with E-state index < -0.39 is 0 Å². The summed E-state index contributed by atoms with van der Waals surface area (Å²) in [7, 11) is 1.56. The fraction of sp³-hybridized carbons (Fsp3) is 0.583. The summed E-state index contributed by atoms with van der Waals surface area (Å²) in [5.74, 6) is 0.859. The quantitative estimate of drug-likeness (QED) is 0.867. The largest absolute Gasteiger partial charge is 0.479 e. The molecule has 3 heterocycles. The van der Waals surface area contributed by atoms with E-state index in [4.69, 9.17) is 15.2 Å². The molecular weight excluding hydrogens is 246 g/mol. The van der Waals surface area contributed by atoms with Gasteiger partial charge in [0.25, 0.3) is 0 Å².